The summed E-state index contributed by atoms with van der Waals surface area (Å²) in [5.74, 6) is 0.914. The van der Waals surface area contributed by atoms with Crippen LogP contribution in [0.1, 0.15) is 44.7 Å². The molecule has 1 aromatic heterocycles. The molecule has 0 saturated carbocycles. The number of nitrogens with zero attached hydrogens (tertiary/aromatic N) is 5. The standard InChI is InChI=1S/C26H31N5O2/c1-26(2,3)18-31(25(32)33)21-12-14-29(15-13-21)24-28-22-6-4-5-7-23(22)30(24)17-20-10-8-19(16-27)9-11-20/h4-11,21H,12-15,17-18H2,1-3H3,(H,32,33). The first-order chi connectivity index (χ1) is 15.7. The molecule has 1 aliphatic heterocycles. The van der Waals surface area contributed by atoms with Crippen LogP contribution in [0.2, 0.25) is 0 Å². The van der Waals surface area contributed by atoms with Crippen molar-refractivity contribution in [2.75, 3.05) is 24.5 Å². The van der Waals surface area contributed by atoms with E-state index in [-0.39, 0.29) is 11.5 Å². The number of carbonyl (C=O) groups is 1. The first-order valence-electron chi connectivity index (χ1n) is 11.4. The lowest BCUT2D eigenvalue weighted by Crippen LogP contribution is -2.50. The largest absolute Gasteiger partial charge is 0.465 e. The molecular formula is C26H31N5O2. The van der Waals surface area contributed by atoms with Crippen LogP contribution in [0.3, 0.4) is 0 Å². The van der Waals surface area contributed by atoms with Crippen molar-refractivity contribution >= 4 is 23.1 Å². The third-order valence-electron chi connectivity index (χ3n) is 6.14. The Bertz CT molecular complexity index is 1160. The van der Waals surface area contributed by atoms with E-state index in [0.717, 1.165) is 48.5 Å². The molecule has 0 spiro atoms. The molecule has 0 aliphatic carbocycles. The molecule has 0 radical (unpaired) electrons. The second kappa shape index (κ2) is 9.14. The lowest BCUT2D eigenvalue weighted by atomic mass is 9.94. The summed E-state index contributed by atoms with van der Waals surface area (Å²) in [6.45, 7) is 8.93. The molecule has 0 bridgehead atoms. The van der Waals surface area contributed by atoms with Gasteiger partial charge in [-0.05, 0) is 48.1 Å². The van der Waals surface area contributed by atoms with Crippen molar-refractivity contribution in [3.05, 3.63) is 59.7 Å². The first kappa shape index (κ1) is 22.7. The Morgan fingerprint density at radius 2 is 1.82 bits per heavy atom. The average molecular weight is 446 g/mol. The van der Waals surface area contributed by atoms with Crippen molar-refractivity contribution in [1.82, 2.24) is 14.5 Å². The maximum absolute atomic E-state index is 11.9. The van der Waals surface area contributed by atoms with Gasteiger partial charge in [0.15, 0.2) is 0 Å². The lowest BCUT2D eigenvalue weighted by molar-refractivity contribution is 0.0933. The van der Waals surface area contributed by atoms with Gasteiger partial charge in [-0.1, -0.05) is 45.0 Å². The van der Waals surface area contributed by atoms with Gasteiger partial charge in [0, 0.05) is 25.7 Å². The van der Waals surface area contributed by atoms with Gasteiger partial charge < -0.3 is 19.5 Å². The van der Waals surface area contributed by atoms with Gasteiger partial charge in [-0.25, -0.2) is 9.78 Å². The molecule has 2 aromatic carbocycles. The van der Waals surface area contributed by atoms with Gasteiger partial charge in [-0.3, -0.25) is 0 Å². The molecule has 7 nitrogen and oxygen atoms in total. The van der Waals surface area contributed by atoms with E-state index >= 15 is 0 Å². The summed E-state index contributed by atoms with van der Waals surface area (Å²) < 4.78 is 2.22. The van der Waals surface area contributed by atoms with Gasteiger partial charge in [0.25, 0.3) is 0 Å². The number of amides is 1. The Morgan fingerprint density at radius 3 is 2.42 bits per heavy atom. The van der Waals surface area contributed by atoms with Crippen LogP contribution in [-0.4, -0.2) is 51.3 Å². The van der Waals surface area contributed by atoms with E-state index in [1.165, 1.54) is 0 Å². The molecule has 1 fully saturated rings. The van der Waals surface area contributed by atoms with Crippen LogP contribution >= 0.6 is 0 Å². The summed E-state index contributed by atoms with van der Waals surface area (Å²) in [5, 5.41) is 18.9. The van der Waals surface area contributed by atoms with E-state index in [0.29, 0.717) is 18.7 Å². The summed E-state index contributed by atoms with van der Waals surface area (Å²) in [7, 11) is 0. The molecule has 0 unspecified atom stereocenters. The monoisotopic (exact) mass is 445 g/mol. The second-order valence-corrected chi connectivity index (χ2v) is 9.98. The highest BCUT2D eigenvalue weighted by molar-refractivity contribution is 5.79. The number of para-hydroxylation sites is 2. The number of fused-ring (bicyclic) bond motifs is 1. The highest BCUT2D eigenvalue weighted by Crippen LogP contribution is 2.29. The quantitative estimate of drug-likeness (QED) is 0.600. The van der Waals surface area contributed by atoms with E-state index in [1.807, 2.05) is 42.5 Å². The van der Waals surface area contributed by atoms with Crippen molar-refractivity contribution in [3.8, 4) is 6.07 Å². The minimum Gasteiger partial charge on any atom is -0.465 e. The van der Waals surface area contributed by atoms with Crippen molar-refractivity contribution in [1.29, 1.82) is 5.26 Å². The highest BCUT2D eigenvalue weighted by atomic mass is 16.4. The molecule has 1 N–H and O–H groups in total. The molecule has 33 heavy (non-hydrogen) atoms. The van der Waals surface area contributed by atoms with Crippen LogP contribution in [0, 0.1) is 16.7 Å². The number of nitriles is 1. The number of aromatic nitrogens is 2. The number of carboxylic acid groups (broad SMARTS) is 1. The summed E-state index contributed by atoms with van der Waals surface area (Å²) in [6, 6.07) is 18.0. The Labute approximate surface area is 194 Å². The van der Waals surface area contributed by atoms with Crippen LogP contribution in [0.4, 0.5) is 10.7 Å². The van der Waals surface area contributed by atoms with Crippen molar-refractivity contribution in [2.45, 2.75) is 46.2 Å². The lowest BCUT2D eigenvalue weighted by Gasteiger charge is -2.40. The van der Waals surface area contributed by atoms with Gasteiger partial charge in [0.1, 0.15) is 0 Å². The number of imidazole rings is 1. The van der Waals surface area contributed by atoms with Crippen LogP contribution in [0.25, 0.3) is 11.0 Å². The zero-order valence-electron chi connectivity index (χ0n) is 19.5. The normalized spacial score (nSPS) is 14.9. The van der Waals surface area contributed by atoms with Gasteiger partial charge >= 0.3 is 6.09 Å². The number of piperidine rings is 1. The number of anilines is 1. The molecule has 3 aromatic rings. The number of benzene rings is 2. The molecule has 7 heteroatoms. The molecule has 1 saturated heterocycles. The molecule has 2 heterocycles. The van der Waals surface area contributed by atoms with Crippen molar-refractivity contribution in [2.24, 2.45) is 5.41 Å². The average Bonchev–Trinajstić information content (AvgIpc) is 3.16. The number of hydrogen-bond acceptors (Lipinski definition) is 4. The van der Waals surface area contributed by atoms with Crippen LogP contribution in [0.15, 0.2) is 48.5 Å². The summed E-state index contributed by atoms with van der Waals surface area (Å²) in [5.41, 5.74) is 3.69. The molecule has 1 aliphatic rings. The summed E-state index contributed by atoms with van der Waals surface area (Å²) >= 11 is 0. The maximum Gasteiger partial charge on any atom is 0.407 e. The number of hydrogen-bond donors (Lipinski definition) is 1. The smallest absolute Gasteiger partial charge is 0.407 e. The van der Waals surface area contributed by atoms with Crippen LogP contribution < -0.4 is 4.90 Å². The predicted octanol–water partition coefficient (Wildman–Crippen LogP) is 4.95. The molecule has 4 rings (SSSR count). The van der Waals surface area contributed by atoms with Gasteiger partial charge in [0.2, 0.25) is 5.95 Å². The van der Waals surface area contributed by atoms with Crippen molar-refractivity contribution < 1.29 is 9.90 Å². The van der Waals surface area contributed by atoms with E-state index in [4.69, 9.17) is 10.2 Å². The minimum absolute atomic E-state index is 0.0225. The van der Waals surface area contributed by atoms with Gasteiger partial charge in [-0.2, -0.15) is 5.26 Å². The topological polar surface area (TPSA) is 85.4 Å². The van der Waals surface area contributed by atoms with E-state index < -0.39 is 6.09 Å². The molecule has 0 atom stereocenters. The zero-order chi connectivity index (χ0) is 23.6. The summed E-state index contributed by atoms with van der Waals surface area (Å²) in [4.78, 5) is 20.8. The highest BCUT2D eigenvalue weighted by Gasteiger charge is 2.32. The predicted molar refractivity (Wildman–Crippen MR) is 129 cm³/mol. The number of rotatable bonds is 5. The van der Waals surface area contributed by atoms with Crippen LogP contribution in [-0.2, 0) is 6.54 Å². The van der Waals surface area contributed by atoms with Crippen molar-refractivity contribution in [3.63, 3.8) is 0 Å². The van der Waals surface area contributed by atoms with E-state index in [2.05, 4.69) is 42.4 Å². The maximum atomic E-state index is 11.9. The molecular weight excluding hydrogens is 414 g/mol. The fourth-order valence-corrected chi connectivity index (χ4v) is 4.57. The Morgan fingerprint density at radius 1 is 1.15 bits per heavy atom. The zero-order valence-corrected chi connectivity index (χ0v) is 19.5. The van der Waals surface area contributed by atoms with Gasteiger partial charge in [-0.15, -0.1) is 0 Å². The first-order valence-corrected chi connectivity index (χ1v) is 11.4. The minimum atomic E-state index is -0.837. The SMILES string of the molecule is CC(C)(C)CN(C(=O)O)C1CCN(c2nc3ccccc3n2Cc2ccc(C#N)cc2)CC1. The second-order valence-electron chi connectivity index (χ2n) is 9.98. The summed E-state index contributed by atoms with van der Waals surface area (Å²) in [6.07, 6.45) is 0.724. The fraction of sp³-hybridized carbons (Fsp3) is 0.423. The van der Waals surface area contributed by atoms with Crippen LogP contribution in [0.5, 0.6) is 0 Å². The van der Waals surface area contributed by atoms with E-state index in [9.17, 15) is 9.90 Å². The molecule has 172 valence electrons. The van der Waals surface area contributed by atoms with Gasteiger partial charge in [0.05, 0.1) is 29.2 Å². The molecule has 1 amide bonds. The fourth-order valence-electron chi connectivity index (χ4n) is 4.57. The Balaban J connectivity index is 1.57. The third kappa shape index (κ3) is 5.11. The Kier molecular flexibility index (Phi) is 6.28. The van der Waals surface area contributed by atoms with E-state index in [1.54, 1.807) is 4.90 Å². The Hall–Kier alpha value is -3.53. The third-order valence-corrected chi connectivity index (χ3v) is 6.14.